The lowest BCUT2D eigenvalue weighted by Crippen LogP contribution is -2.20. The molecule has 0 aromatic heterocycles. The van der Waals surface area contributed by atoms with E-state index in [1.165, 1.54) is 0 Å². The molecule has 7 heteroatoms. The van der Waals surface area contributed by atoms with Crippen molar-refractivity contribution >= 4 is 0 Å². The molecule has 0 amide bonds. The van der Waals surface area contributed by atoms with Gasteiger partial charge < -0.3 is 20.4 Å². The van der Waals surface area contributed by atoms with Gasteiger partial charge in [-0.3, -0.25) is 0 Å². The van der Waals surface area contributed by atoms with Crippen molar-refractivity contribution in [3.8, 4) is 17.2 Å². The molecule has 1 atom stereocenters. The number of benzene rings is 1. The number of aliphatic hydroxyl groups excluding tert-OH is 1. The van der Waals surface area contributed by atoms with E-state index in [4.69, 9.17) is 20.4 Å². The summed E-state index contributed by atoms with van der Waals surface area (Å²) in [5.74, 6) is -2.67. The van der Waals surface area contributed by atoms with Crippen LogP contribution in [-0.2, 0) is 0 Å². The Bertz CT molecular complexity index is 352. The van der Waals surface area contributed by atoms with Crippen molar-refractivity contribution in [2.45, 2.75) is 12.3 Å². The quantitative estimate of drug-likeness (QED) is 0.581. The van der Waals surface area contributed by atoms with Gasteiger partial charge in [-0.05, 0) is 0 Å². The van der Waals surface area contributed by atoms with Crippen LogP contribution in [0.1, 0.15) is 11.7 Å². The maximum Gasteiger partial charge on any atom is 0.418 e. The van der Waals surface area contributed by atoms with Crippen molar-refractivity contribution in [1.29, 1.82) is 0 Å². The van der Waals surface area contributed by atoms with Gasteiger partial charge in [-0.25, -0.2) is 0 Å². The third-order valence-corrected chi connectivity index (χ3v) is 1.70. The smallest absolute Gasteiger partial charge is 0.418 e. The predicted molar refractivity (Wildman–Crippen MR) is 42.5 cm³/mol. The van der Waals surface area contributed by atoms with Gasteiger partial charge in [0.2, 0.25) is 0 Å². The van der Waals surface area contributed by atoms with Crippen molar-refractivity contribution in [2.75, 3.05) is 0 Å². The first kappa shape index (κ1) is 11.4. The standard InChI is InChI=1S/C8H7F3O4/c9-8(10,11)7(15)6-4(13)1-3(12)2-5(6)14/h1-2,7,12-15H. The van der Waals surface area contributed by atoms with Crippen LogP contribution < -0.4 is 0 Å². The van der Waals surface area contributed by atoms with Crippen molar-refractivity contribution in [1.82, 2.24) is 0 Å². The van der Waals surface area contributed by atoms with E-state index in [0.29, 0.717) is 12.1 Å². The molecule has 0 heterocycles. The number of aliphatic hydroxyl groups is 1. The van der Waals surface area contributed by atoms with Crippen molar-refractivity contribution in [3.63, 3.8) is 0 Å². The highest BCUT2D eigenvalue weighted by Crippen LogP contribution is 2.43. The fourth-order valence-electron chi connectivity index (χ4n) is 1.05. The van der Waals surface area contributed by atoms with Crippen LogP contribution in [0.25, 0.3) is 0 Å². The first-order chi connectivity index (χ1) is 6.73. The van der Waals surface area contributed by atoms with Crippen LogP contribution in [0.15, 0.2) is 12.1 Å². The normalized spacial score (nSPS) is 13.9. The Balaban J connectivity index is 3.26. The van der Waals surface area contributed by atoms with Gasteiger partial charge in [-0.1, -0.05) is 0 Å². The third-order valence-electron chi connectivity index (χ3n) is 1.70. The molecule has 84 valence electrons. The first-order valence-corrected chi connectivity index (χ1v) is 3.73. The van der Waals surface area contributed by atoms with E-state index in [1.54, 1.807) is 0 Å². The van der Waals surface area contributed by atoms with E-state index in [2.05, 4.69) is 0 Å². The molecular weight excluding hydrogens is 217 g/mol. The predicted octanol–water partition coefficient (Wildman–Crippen LogP) is 1.40. The Kier molecular flexibility index (Phi) is 2.67. The zero-order valence-corrected chi connectivity index (χ0v) is 7.15. The average molecular weight is 224 g/mol. The summed E-state index contributed by atoms with van der Waals surface area (Å²) < 4.78 is 36.2. The third kappa shape index (κ3) is 2.24. The van der Waals surface area contributed by atoms with Gasteiger partial charge in [0.05, 0.1) is 5.56 Å². The molecule has 15 heavy (non-hydrogen) atoms. The van der Waals surface area contributed by atoms with Crippen LogP contribution in [-0.4, -0.2) is 26.6 Å². The largest absolute Gasteiger partial charge is 0.508 e. The molecule has 0 saturated carbocycles. The van der Waals surface area contributed by atoms with Crippen LogP contribution in [0.5, 0.6) is 17.2 Å². The highest BCUT2D eigenvalue weighted by Gasteiger charge is 2.42. The fraction of sp³-hybridized carbons (Fsp3) is 0.250. The second-order valence-corrected chi connectivity index (χ2v) is 2.84. The van der Waals surface area contributed by atoms with Crippen molar-refractivity contribution in [3.05, 3.63) is 17.7 Å². The summed E-state index contributed by atoms with van der Waals surface area (Å²) in [6.45, 7) is 0. The molecule has 1 rings (SSSR count). The number of rotatable bonds is 1. The summed E-state index contributed by atoms with van der Waals surface area (Å²) in [5, 5.41) is 35.7. The summed E-state index contributed by atoms with van der Waals surface area (Å²) >= 11 is 0. The maximum absolute atomic E-state index is 12.1. The lowest BCUT2D eigenvalue weighted by atomic mass is 10.1. The van der Waals surface area contributed by atoms with Gasteiger partial charge in [0.1, 0.15) is 17.2 Å². The van der Waals surface area contributed by atoms with E-state index in [-0.39, 0.29) is 0 Å². The highest BCUT2D eigenvalue weighted by molar-refractivity contribution is 5.50. The number of alkyl halides is 3. The number of aromatic hydroxyl groups is 3. The molecule has 0 spiro atoms. The molecule has 0 aliphatic carbocycles. The van der Waals surface area contributed by atoms with Gasteiger partial charge in [0.25, 0.3) is 0 Å². The summed E-state index contributed by atoms with van der Waals surface area (Å²) in [4.78, 5) is 0. The molecule has 0 bridgehead atoms. The zero-order valence-electron chi connectivity index (χ0n) is 7.15. The van der Waals surface area contributed by atoms with E-state index in [1.807, 2.05) is 0 Å². The second kappa shape index (κ2) is 3.50. The fourth-order valence-corrected chi connectivity index (χ4v) is 1.05. The second-order valence-electron chi connectivity index (χ2n) is 2.84. The van der Waals surface area contributed by atoms with Crippen LogP contribution in [0.2, 0.25) is 0 Å². The first-order valence-electron chi connectivity index (χ1n) is 3.73. The number of hydrogen-bond acceptors (Lipinski definition) is 4. The number of hydrogen-bond donors (Lipinski definition) is 4. The van der Waals surface area contributed by atoms with Gasteiger partial charge in [0.15, 0.2) is 6.10 Å². The highest BCUT2D eigenvalue weighted by atomic mass is 19.4. The van der Waals surface area contributed by atoms with Crippen molar-refractivity contribution in [2.24, 2.45) is 0 Å². The summed E-state index contributed by atoms with van der Waals surface area (Å²) in [5.41, 5.74) is -1.08. The monoisotopic (exact) mass is 224 g/mol. The van der Waals surface area contributed by atoms with Crippen LogP contribution >= 0.6 is 0 Å². The minimum atomic E-state index is -5.01. The molecule has 1 unspecified atom stereocenters. The average Bonchev–Trinajstić information content (AvgIpc) is 1.99. The Labute approximate surface area is 81.8 Å². The summed E-state index contributed by atoms with van der Waals surface area (Å²) in [6.07, 6.45) is -8.01. The van der Waals surface area contributed by atoms with Gasteiger partial charge in [-0.15, -0.1) is 0 Å². The molecule has 0 fully saturated rings. The zero-order chi connectivity index (χ0) is 11.8. The summed E-state index contributed by atoms with van der Waals surface area (Å²) in [6, 6.07) is 1.17. The molecule has 0 aliphatic rings. The molecule has 1 aromatic carbocycles. The minimum absolute atomic E-state index is 0.587. The molecule has 0 aliphatic heterocycles. The molecule has 4 nitrogen and oxygen atoms in total. The van der Waals surface area contributed by atoms with E-state index in [9.17, 15) is 13.2 Å². The minimum Gasteiger partial charge on any atom is -0.508 e. The number of phenols is 3. The van der Waals surface area contributed by atoms with Gasteiger partial charge in [0, 0.05) is 12.1 Å². The number of halogens is 3. The van der Waals surface area contributed by atoms with Crippen LogP contribution in [0.3, 0.4) is 0 Å². The topological polar surface area (TPSA) is 80.9 Å². The lowest BCUT2D eigenvalue weighted by molar-refractivity contribution is -0.207. The van der Waals surface area contributed by atoms with Gasteiger partial charge >= 0.3 is 6.18 Å². The maximum atomic E-state index is 12.1. The SMILES string of the molecule is Oc1cc(O)c(C(O)C(F)(F)F)c(O)c1. The lowest BCUT2D eigenvalue weighted by Gasteiger charge is -2.17. The van der Waals surface area contributed by atoms with E-state index in [0.717, 1.165) is 0 Å². The Morgan fingerprint density at radius 3 is 1.73 bits per heavy atom. The Morgan fingerprint density at radius 1 is 1.00 bits per heavy atom. The molecule has 0 saturated heterocycles. The van der Waals surface area contributed by atoms with Gasteiger partial charge in [-0.2, -0.15) is 13.2 Å². The van der Waals surface area contributed by atoms with E-state index >= 15 is 0 Å². The molecule has 1 aromatic rings. The molecule has 4 N–H and O–H groups in total. The Hall–Kier alpha value is -1.63. The molecule has 0 radical (unpaired) electrons. The van der Waals surface area contributed by atoms with Crippen LogP contribution in [0.4, 0.5) is 13.2 Å². The molecular formula is C8H7F3O4. The van der Waals surface area contributed by atoms with Crippen LogP contribution in [0, 0.1) is 0 Å². The Morgan fingerprint density at radius 2 is 1.40 bits per heavy atom. The number of phenolic OH excluding ortho intramolecular Hbond substituents is 3. The van der Waals surface area contributed by atoms with Crippen molar-refractivity contribution < 1.29 is 33.6 Å². The van der Waals surface area contributed by atoms with E-state index < -0.39 is 35.1 Å². The summed E-state index contributed by atoms with van der Waals surface area (Å²) in [7, 11) is 0.